The minimum absolute atomic E-state index is 0.0221. The van der Waals surface area contributed by atoms with Gasteiger partial charge >= 0.3 is 0 Å². The van der Waals surface area contributed by atoms with Gasteiger partial charge in [0.1, 0.15) is 0 Å². The van der Waals surface area contributed by atoms with Crippen LogP contribution in [0.15, 0.2) is 29.4 Å². The van der Waals surface area contributed by atoms with Crippen LogP contribution in [0, 0.1) is 16.0 Å². The van der Waals surface area contributed by atoms with Crippen molar-refractivity contribution in [2.75, 3.05) is 5.75 Å². The molecule has 0 saturated carbocycles. The van der Waals surface area contributed by atoms with E-state index in [1.165, 1.54) is 36.0 Å². The van der Waals surface area contributed by atoms with E-state index in [9.17, 15) is 19.7 Å². The number of rotatable bonds is 9. The van der Waals surface area contributed by atoms with Crippen LogP contribution in [-0.4, -0.2) is 37.3 Å². The SMILES string of the molecule is CCn1c(SCC(N)=O)nnc1[C@H](NC(=O)c1cccc([N+](=O)[O-])c1)C(C)C. The Hall–Kier alpha value is -2.95. The molecule has 2 aromatic rings. The zero-order chi connectivity index (χ0) is 20.8. The molecular formula is C17H22N6O4S. The van der Waals surface area contributed by atoms with Crippen LogP contribution in [0.4, 0.5) is 5.69 Å². The van der Waals surface area contributed by atoms with Crippen molar-refractivity contribution in [1.29, 1.82) is 0 Å². The maximum absolute atomic E-state index is 12.7. The number of amides is 2. The topological polar surface area (TPSA) is 146 Å². The van der Waals surface area contributed by atoms with Gasteiger partial charge in [0, 0.05) is 24.2 Å². The number of non-ortho nitro benzene ring substituents is 1. The Bertz CT molecular complexity index is 882. The third-order valence-electron chi connectivity index (χ3n) is 3.96. The lowest BCUT2D eigenvalue weighted by atomic mass is 10.0. The van der Waals surface area contributed by atoms with Gasteiger partial charge in [-0.2, -0.15) is 0 Å². The summed E-state index contributed by atoms with van der Waals surface area (Å²) in [5.74, 6) is -0.310. The van der Waals surface area contributed by atoms with Crippen LogP contribution < -0.4 is 11.1 Å². The number of nitrogens with zero attached hydrogens (tertiary/aromatic N) is 4. The quantitative estimate of drug-likeness (QED) is 0.367. The molecule has 2 rings (SSSR count). The summed E-state index contributed by atoms with van der Waals surface area (Å²) in [7, 11) is 0. The van der Waals surface area contributed by atoms with Crippen molar-refractivity contribution < 1.29 is 14.5 Å². The fraction of sp³-hybridized carbons (Fsp3) is 0.412. The van der Waals surface area contributed by atoms with Crippen LogP contribution in [0.2, 0.25) is 0 Å². The number of nitro benzene ring substituents is 1. The first kappa shape index (κ1) is 21.4. The average Bonchev–Trinajstić information content (AvgIpc) is 3.06. The zero-order valence-corrected chi connectivity index (χ0v) is 16.6. The molecule has 0 bridgehead atoms. The van der Waals surface area contributed by atoms with Crippen molar-refractivity contribution in [2.24, 2.45) is 11.7 Å². The van der Waals surface area contributed by atoms with E-state index in [-0.39, 0.29) is 22.9 Å². The number of benzene rings is 1. The molecule has 0 aliphatic carbocycles. The molecule has 0 radical (unpaired) electrons. The van der Waals surface area contributed by atoms with Gasteiger partial charge in [-0.3, -0.25) is 19.7 Å². The first-order valence-corrected chi connectivity index (χ1v) is 9.62. The Kier molecular flexibility index (Phi) is 7.10. The molecule has 11 heteroatoms. The fourth-order valence-corrected chi connectivity index (χ4v) is 3.33. The second kappa shape index (κ2) is 9.31. The Morgan fingerprint density at radius 2 is 2.07 bits per heavy atom. The molecule has 2 amide bonds. The molecule has 0 aliphatic rings. The van der Waals surface area contributed by atoms with Crippen molar-refractivity contribution >= 4 is 29.3 Å². The number of carbonyl (C=O) groups is 2. The minimum Gasteiger partial charge on any atom is -0.369 e. The maximum atomic E-state index is 12.7. The van der Waals surface area contributed by atoms with Gasteiger partial charge in [-0.25, -0.2) is 0 Å². The number of aromatic nitrogens is 3. The van der Waals surface area contributed by atoms with Crippen molar-refractivity contribution in [2.45, 2.75) is 38.5 Å². The fourth-order valence-electron chi connectivity index (χ4n) is 2.58. The molecule has 150 valence electrons. The number of nitrogens with two attached hydrogens (primary N) is 1. The largest absolute Gasteiger partial charge is 0.369 e. The summed E-state index contributed by atoms with van der Waals surface area (Å²) >= 11 is 1.18. The highest BCUT2D eigenvalue weighted by molar-refractivity contribution is 7.99. The Balaban J connectivity index is 2.28. The predicted octanol–water partition coefficient (Wildman–Crippen LogP) is 1.91. The van der Waals surface area contributed by atoms with Gasteiger partial charge in [0.25, 0.3) is 11.6 Å². The van der Waals surface area contributed by atoms with Gasteiger partial charge in [-0.1, -0.05) is 31.7 Å². The van der Waals surface area contributed by atoms with E-state index < -0.39 is 22.8 Å². The van der Waals surface area contributed by atoms with Gasteiger partial charge in [0.2, 0.25) is 5.91 Å². The second-order valence-corrected chi connectivity index (χ2v) is 7.29. The number of thioether (sulfide) groups is 1. The van der Waals surface area contributed by atoms with Crippen LogP contribution in [-0.2, 0) is 11.3 Å². The summed E-state index contributed by atoms with van der Waals surface area (Å²) in [4.78, 5) is 34.1. The molecule has 10 nitrogen and oxygen atoms in total. The van der Waals surface area contributed by atoms with Gasteiger partial charge in [0.15, 0.2) is 11.0 Å². The van der Waals surface area contributed by atoms with Crippen molar-refractivity contribution in [3.63, 3.8) is 0 Å². The highest BCUT2D eigenvalue weighted by Gasteiger charge is 2.26. The lowest BCUT2D eigenvalue weighted by Gasteiger charge is -2.22. The van der Waals surface area contributed by atoms with Gasteiger partial charge < -0.3 is 15.6 Å². The zero-order valence-electron chi connectivity index (χ0n) is 15.8. The van der Waals surface area contributed by atoms with Gasteiger partial charge in [0.05, 0.1) is 16.7 Å². The van der Waals surface area contributed by atoms with Crippen LogP contribution in [0.1, 0.15) is 43.0 Å². The van der Waals surface area contributed by atoms with E-state index in [0.29, 0.717) is 17.5 Å². The smallest absolute Gasteiger partial charge is 0.270 e. The number of carbonyl (C=O) groups excluding carboxylic acids is 2. The van der Waals surface area contributed by atoms with Crippen LogP contribution in [0.3, 0.4) is 0 Å². The van der Waals surface area contributed by atoms with Crippen LogP contribution >= 0.6 is 11.8 Å². The molecule has 1 aromatic heterocycles. The van der Waals surface area contributed by atoms with E-state index in [2.05, 4.69) is 15.5 Å². The van der Waals surface area contributed by atoms with Crippen LogP contribution in [0.25, 0.3) is 0 Å². The number of nitro groups is 1. The average molecular weight is 406 g/mol. The lowest BCUT2D eigenvalue weighted by molar-refractivity contribution is -0.384. The summed E-state index contributed by atoms with van der Waals surface area (Å²) in [5.41, 5.74) is 5.22. The van der Waals surface area contributed by atoms with E-state index in [0.717, 1.165) is 0 Å². The third kappa shape index (κ3) is 5.06. The van der Waals surface area contributed by atoms with Crippen molar-refractivity contribution in [3.8, 4) is 0 Å². The van der Waals surface area contributed by atoms with Gasteiger partial charge in [-0.05, 0) is 18.9 Å². The van der Waals surface area contributed by atoms with Gasteiger partial charge in [-0.15, -0.1) is 10.2 Å². The number of hydrogen-bond acceptors (Lipinski definition) is 7. The molecular weight excluding hydrogens is 384 g/mol. The summed E-state index contributed by atoms with van der Waals surface area (Å²) < 4.78 is 1.81. The molecule has 0 spiro atoms. The predicted molar refractivity (Wildman–Crippen MR) is 104 cm³/mol. The first-order valence-electron chi connectivity index (χ1n) is 8.64. The molecule has 1 heterocycles. The Labute approximate surface area is 166 Å². The molecule has 0 aliphatic heterocycles. The molecule has 0 fully saturated rings. The summed E-state index contributed by atoms with van der Waals surface area (Å²) in [5, 5.41) is 22.7. The Morgan fingerprint density at radius 3 is 2.64 bits per heavy atom. The second-order valence-electron chi connectivity index (χ2n) is 6.34. The molecule has 3 N–H and O–H groups in total. The molecule has 0 unspecified atom stereocenters. The third-order valence-corrected chi connectivity index (χ3v) is 4.94. The summed E-state index contributed by atoms with van der Waals surface area (Å²) in [6, 6.07) is 5.06. The molecule has 1 aromatic carbocycles. The minimum atomic E-state index is -0.549. The Morgan fingerprint density at radius 1 is 1.36 bits per heavy atom. The van der Waals surface area contributed by atoms with Crippen molar-refractivity contribution in [3.05, 3.63) is 45.8 Å². The monoisotopic (exact) mass is 406 g/mol. The highest BCUT2D eigenvalue weighted by atomic mass is 32.2. The standard InChI is InChI=1S/C17H22N6O4S/c1-4-22-15(20-21-17(22)28-9-13(18)24)14(10(2)3)19-16(25)11-6-5-7-12(8-11)23(26)27/h5-8,10,14H,4,9H2,1-3H3,(H2,18,24)(H,19,25)/t14-/m1/s1. The van der Waals surface area contributed by atoms with E-state index >= 15 is 0 Å². The molecule has 1 atom stereocenters. The van der Waals surface area contributed by atoms with Crippen molar-refractivity contribution in [1.82, 2.24) is 20.1 Å². The first-order chi connectivity index (χ1) is 13.2. The van der Waals surface area contributed by atoms with E-state index in [1.54, 1.807) is 0 Å². The molecule has 28 heavy (non-hydrogen) atoms. The highest BCUT2D eigenvalue weighted by Crippen LogP contribution is 2.25. The van der Waals surface area contributed by atoms with Crippen LogP contribution in [0.5, 0.6) is 0 Å². The lowest BCUT2D eigenvalue weighted by Crippen LogP contribution is -2.33. The normalized spacial score (nSPS) is 12.0. The molecule has 0 saturated heterocycles. The number of primary amides is 1. The number of hydrogen-bond donors (Lipinski definition) is 2. The summed E-state index contributed by atoms with van der Waals surface area (Å²) in [6.45, 7) is 6.28. The van der Waals surface area contributed by atoms with E-state index in [1.807, 2.05) is 25.3 Å². The van der Waals surface area contributed by atoms with E-state index in [4.69, 9.17) is 5.73 Å². The number of nitrogens with one attached hydrogen (secondary N) is 1. The maximum Gasteiger partial charge on any atom is 0.270 e. The summed E-state index contributed by atoms with van der Waals surface area (Å²) in [6.07, 6.45) is 0.